The van der Waals surface area contributed by atoms with Crippen molar-refractivity contribution in [2.75, 3.05) is 20.2 Å². The van der Waals surface area contributed by atoms with Gasteiger partial charge >= 0.3 is 0 Å². The molecule has 1 aliphatic rings. The lowest BCUT2D eigenvalue weighted by molar-refractivity contribution is 0.369. The number of ether oxygens (including phenoxy) is 1. The molecule has 2 nitrogen and oxygen atoms in total. The standard InChI is InChI=1S/C13H17ClFNO/c1-17-13-11(14)7-10(8-12(13)15)6-9-2-4-16-5-3-9/h7-9,16H,2-6H2,1H3. The van der Waals surface area contributed by atoms with Gasteiger partial charge in [-0.1, -0.05) is 11.6 Å². The van der Waals surface area contributed by atoms with Crippen LogP contribution in [0.1, 0.15) is 18.4 Å². The van der Waals surface area contributed by atoms with E-state index in [1.165, 1.54) is 13.2 Å². The minimum Gasteiger partial charge on any atom is -0.492 e. The molecule has 0 radical (unpaired) electrons. The first-order chi connectivity index (χ1) is 8.20. The molecule has 1 saturated heterocycles. The van der Waals surface area contributed by atoms with Gasteiger partial charge in [0.1, 0.15) is 0 Å². The molecule has 0 bridgehead atoms. The third kappa shape index (κ3) is 3.11. The van der Waals surface area contributed by atoms with Gasteiger partial charge in [0.15, 0.2) is 11.6 Å². The maximum absolute atomic E-state index is 13.6. The van der Waals surface area contributed by atoms with Gasteiger partial charge < -0.3 is 10.1 Å². The Hall–Kier alpha value is -0.800. The van der Waals surface area contributed by atoms with Crippen LogP contribution in [0.5, 0.6) is 5.75 Å². The summed E-state index contributed by atoms with van der Waals surface area (Å²) in [5, 5.41) is 3.68. The van der Waals surface area contributed by atoms with Gasteiger partial charge in [-0.25, -0.2) is 4.39 Å². The van der Waals surface area contributed by atoms with Gasteiger partial charge in [-0.05, 0) is 56.0 Å². The van der Waals surface area contributed by atoms with Crippen molar-refractivity contribution in [2.45, 2.75) is 19.3 Å². The Labute approximate surface area is 106 Å². The van der Waals surface area contributed by atoms with Crippen LogP contribution in [-0.4, -0.2) is 20.2 Å². The molecule has 94 valence electrons. The maximum atomic E-state index is 13.6. The van der Waals surface area contributed by atoms with Crippen molar-refractivity contribution in [3.63, 3.8) is 0 Å². The Kier molecular flexibility index (Phi) is 4.24. The lowest BCUT2D eigenvalue weighted by Gasteiger charge is -2.22. The summed E-state index contributed by atoms with van der Waals surface area (Å²) in [6, 6.07) is 3.35. The van der Waals surface area contributed by atoms with Gasteiger partial charge in [-0.3, -0.25) is 0 Å². The molecule has 1 N–H and O–H groups in total. The molecular weight excluding hydrogens is 241 g/mol. The third-order valence-corrected chi connectivity index (χ3v) is 3.53. The Bertz CT molecular complexity index is 368. The normalized spacial score (nSPS) is 17.1. The van der Waals surface area contributed by atoms with Crippen LogP contribution >= 0.6 is 11.6 Å². The fourth-order valence-electron chi connectivity index (χ4n) is 2.34. The first kappa shape index (κ1) is 12.7. The molecule has 0 amide bonds. The highest BCUT2D eigenvalue weighted by Gasteiger charge is 2.16. The van der Waals surface area contributed by atoms with E-state index in [2.05, 4.69) is 5.32 Å². The van der Waals surface area contributed by atoms with E-state index in [1.807, 2.05) is 6.07 Å². The second kappa shape index (κ2) is 5.69. The molecule has 1 aromatic carbocycles. The number of benzene rings is 1. The summed E-state index contributed by atoms with van der Waals surface area (Å²) in [4.78, 5) is 0. The molecule has 1 fully saturated rings. The van der Waals surface area contributed by atoms with Gasteiger partial charge in [0.25, 0.3) is 0 Å². The average Bonchev–Trinajstić information content (AvgIpc) is 2.30. The first-order valence-corrected chi connectivity index (χ1v) is 6.31. The van der Waals surface area contributed by atoms with E-state index in [4.69, 9.17) is 16.3 Å². The number of methoxy groups -OCH3 is 1. The molecule has 0 unspecified atom stereocenters. The van der Waals surface area contributed by atoms with Crippen LogP contribution in [0.15, 0.2) is 12.1 Å². The van der Waals surface area contributed by atoms with Gasteiger partial charge in [-0.15, -0.1) is 0 Å². The molecule has 1 aromatic rings. The molecule has 0 spiro atoms. The molecule has 0 aliphatic carbocycles. The predicted octanol–water partition coefficient (Wildman–Crippen LogP) is 3.03. The fraction of sp³-hybridized carbons (Fsp3) is 0.538. The predicted molar refractivity (Wildman–Crippen MR) is 67.3 cm³/mol. The molecule has 0 atom stereocenters. The van der Waals surface area contributed by atoms with E-state index in [0.29, 0.717) is 10.9 Å². The van der Waals surface area contributed by atoms with E-state index in [9.17, 15) is 4.39 Å². The lowest BCUT2D eigenvalue weighted by Crippen LogP contribution is -2.28. The average molecular weight is 258 g/mol. The molecule has 4 heteroatoms. The van der Waals surface area contributed by atoms with Crippen LogP contribution in [-0.2, 0) is 6.42 Å². The zero-order chi connectivity index (χ0) is 12.3. The van der Waals surface area contributed by atoms with Gasteiger partial charge in [0, 0.05) is 0 Å². The minimum atomic E-state index is -0.371. The third-order valence-electron chi connectivity index (χ3n) is 3.25. The van der Waals surface area contributed by atoms with E-state index in [1.54, 1.807) is 0 Å². The maximum Gasteiger partial charge on any atom is 0.173 e. The van der Waals surface area contributed by atoms with E-state index >= 15 is 0 Å². The molecule has 0 aromatic heterocycles. The van der Waals surface area contributed by atoms with Crippen LogP contribution in [0, 0.1) is 11.7 Å². The highest BCUT2D eigenvalue weighted by molar-refractivity contribution is 6.32. The number of hydrogen-bond acceptors (Lipinski definition) is 2. The van der Waals surface area contributed by atoms with Crippen molar-refractivity contribution in [1.82, 2.24) is 5.32 Å². The highest BCUT2D eigenvalue weighted by Crippen LogP contribution is 2.30. The summed E-state index contributed by atoms with van der Waals surface area (Å²) in [5.41, 5.74) is 0.959. The van der Waals surface area contributed by atoms with Gasteiger partial charge in [0.2, 0.25) is 0 Å². The molecular formula is C13H17ClFNO. The van der Waals surface area contributed by atoms with Crippen molar-refractivity contribution in [3.8, 4) is 5.75 Å². The van der Waals surface area contributed by atoms with Crippen LogP contribution in [0.2, 0.25) is 5.02 Å². The smallest absolute Gasteiger partial charge is 0.173 e. The van der Waals surface area contributed by atoms with Gasteiger partial charge in [0.05, 0.1) is 12.1 Å². The second-order valence-corrected chi connectivity index (χ2v) is 4.90. The second-order valence-electron chi connectivity index (χ2n) is 4.49. The van der Waals surface area contributed by atoms with Crippen LogP contribution in [0.3, 0.4) is 0 Å². The molecule has 1 aliphatic heterocycles. The topological polar surface area (TPSA) is 21.3 Å². The zero-order valence-corrected chi connectivity index (χ0v) is 10.7. The molecule has 17 heavy (non-hydrogen) atoms. The monoisotopic (exact) mass is 257 g/mol. The summed E-state index contributed by atoms with van der Waals surface area (Å²) < 4.78 is 18.5. The van der Waals surface area contributed by atoms with Crippen LogP contribution < -0.4 is 10.1 Å². The summed E-state index contributed by atoms with van der Waals surface area (Å²) in [7, 11) is 1.43. The van der Waals surface area contributed by atoms with E-state index < -0.39 is 0 Å². The van der Waals surface area contributed by atoms with E-state index in [-0.39, 0.29) is 11.6 Å². The van der Waals surface area contributed by atoms with E-state index in [0.717, 1.165) is 37.9 Å². The number of rotatable bonds is 3. The van der Waals surface area contributed by atoms with Crippen molar-refractivity contribution >= 4 is 11.6 Å². The first-order valence-electron chi connectivity index (χ1n) is 5.93. The van der Waals surface area contributed by atoms with Crippen molar-refractivity contribution in [3.05, 3.63) is 28.5 Å². The largest absolute Gasteiger partial charge is 0.492 e. The Morgan fingerprint density at radius 1 is 1.41 bits per heavy atom. The Morgan fingerprint density at radius 3 is 2.71 bits per heavy atom. The summed E-state index contributed by atoms with van der Waals surface area (Å²) in [5.74, 6) is 0.393. The SMILES string of the molecule is COc1c(F)cc(CC2CCNCC2)cc1Cl. The summed E-state index contributed by atoms with van der Waals surface area (Å²) >= 11 is 5.98. The molecule has 1 heterocycles. The summed E-state index contributed by atoms with van der Waals surface area (Å²) in [6.45, 7) is 2.11. The fourth-order valence-corrected chi connectivity index (χ4v) is 2.65. The minimum absolute atomic E-state index is 0.140. The quantitative estimate of drug-likeness (QED) is 0.899. The summed E-state index contributed by atoms with van der Waals surface area (Å²) in [6.07, 6.45) is 3.18. The van der Waals surface area contributed by atoms with Crippen LogP contribution in [0.4, 0.5) is 4.39 Å². The van der Waals surface area contributed by atoms with Crippen molar-refractivity contribution in [1.29, 1.82) is 0 Å². The number of halogens is 2. The van der Waals surface area contributed by atoms with Gasteiger partial charge in [-0.2, -0.15) is 0 Å². The number of nitrogens with one attached hydrogen (secondary N) is 1. The van der Waals surface area contributed by atoms with Crippen molar-refractivity contribution < 1.29 is 9.13 Å². The molecule has 2 rings (SSSR count). The lowest BCUT2D eigenvalue weighted by atomic mass is 9.91. The van der Waals surface area contributed by atoms with Crippen LogP contribution in [0.25, 0.3) is 0 Å². The molecule has 0 saturated carbocycles. The van der Waals surface area contributed by atoms with Crippen molar-refractivity contribution in [2.24, 2.45) is 5.92 Å². The Balaban J connectivity index is 2.10. The number of hydrogen-bond donors (Lipinski definition) is 1. The number of piperidine rings is 1. The highest BCUT2D eigenvalue weighted by atomic mass is 35.5. The Morgan fingerprint density at radius 2 is 2.12 bits per heavy atom. The zero-order valence-electron chi connectivity index (χ0n) is 9.93.